The number of Topliss-reactive ketones (excluding diaryl/α,β-unsaturated/α-hetero) is 1. The highest BCUT2D eigenvalue weighted by Crippen LogP contribution is 2.07. The first-order valence-electron chi connectivity index (χ1n) is 4.93. The highest BCUT2D eigenvalue weighted by molar-refractivity contribution is 5.92. The monoisotopic (exact) mass is 193 g/mol. The number of aryl methyl sites for hydroxylation is 1. The van der Waals surface area contributed by atoms with Gasteiger partial charge < -0.3 is 0 Å². The number of ketones is 1. The Morgan fingerprint density at radius 1 is 1.43 bits per heavy atom. The molecule has 0 aliphatic carbocycles. The molecule has 1 heterocycles. The molecule has 0 bridgehead atoms. The summed E-state index contributed by atoms with van der Waals surface area (Å²) in [5.41, 5.74) is 1.20. The lowest BCUT2D eigenvalue weighted by molar-refractivity contribution is 0.101. The second-order valence-electron chi connectivity index (χ2n) is 3.27. The highest BCUT2D eigenvalue weighted by Gasteiger charge is 2.09. The van der Waals surface area contributed by atoms with Crippen LogP contribution in [0.5, 0.6) is 0 Å². The zero-order valence-corrected chi connectivity index (χ0v) is 8.66. The third-order valence-electron chi connectivity index (χ3n) is 2.04. The minimum absolute atomic E-state index is 0.0357. The highest BCUT2D eigenvalue weighted by atomic mass is 16.1. The Morgan fingerprint density at radius 2 is 2.21 bits per heavy atom. The quantitative estimate of drug-likeness (QED) is 0.528. The van der Waals surface area contributed by atoms with E-state index in [0.29, 0.717) is 5.69 Å². The van der Waals surface area contributed by atoms with Gasteiger partial charge in [-0.25, -0.2) is 4.98 Å². The van der Waals surface area contributed by atoms with Crippen molar-refractivity contribution in [2.24, 2.45) is 0 Å². The Balaban J connectivity index is 2.69. The minimum Gasteiger partial charge on any atom is -0.293 e. The molecule has 4 heteroatoms. The molecule has 0 aliphatic rings. The number of nitrogens with zero attached hydrogens (tertiary/aromatic N) is 3. The van der Waals surface area contributed by atoms with Crippen molar-refractivity contribution < 1.29 is 4.79 Å². The van der Waals surface area contributed by atoms with Crippen molar-refractivity contribution in [3.63, 3.8) is 0 Å². The fraction of sp³-hybridized carbons (Fsp3) is 0.600. The Hall–Kier alpha value is -1.32. The number of carbonyl (C=O) groups excluding carboxylic acids is 1. The minimum atomic E-state index is -0.0357. The summed E-state index contributed by atoms with van der Waals surface area (Å²) in [5, 5.41) is 7.63. The van der Waals surface area contributed by atoms with Gasteiger partial charge in [-0.05, 0) is 12.8 Å². The number of carbonyl (C=O) groups is 1. The summed E-state index contributed by atoms with van der Waals surface area (Å²) >= 11 is 0. The Bertz CT molecular complexity index is 312. The van der Waals surface area contributed by atoms with Gasteiger partial charge in [-0.3, -0.25) is 4.79 Å². The van der Waals surface area contributed by atoms with Crippen LogP contribution < -0.4 is 0 Å². The van der Waals surface area contributed by atoms with Gasteiger partial charge in [0.15, 0.2) is 5.78 Å². The predicted molar refractivity (Wildman–Crippen MR) is 53.1 cm³/mol. The largest absolute Gasteiger partial charge is 0.293 e. The molecule has 4 nitrogen and oxygen atoms in total. The van der Waals surface area contributed by atoms with Crippen LogP contribution in [0, 0.1) is 0 Å². The van der Waals surface area contributed by atoms with E-state index in [1.54, 1.807) is 0 Å². The van der Waals surface area contributed by atoms with Crippen molar-refractivity contribution in [1.29, 1.82) is 0 Å². The second-order valence-corrected chi connectivity index (χ2v) is 3.27. The van der Waals surface area contributed by atoms with Gasteiger partial charge in [-0.2, -0.15) is 5.10 Å². The molecule has 0 saturated heterocycles. The third-order valence-corrected chi connectivity index (χ3v) is 2.04. The molecule has 0 spiro atoms. The van der Waals surface area contributed by atoms with E-state index in [1.807, 2.05) is 0 Å². The summed E-state index contributed by atoms with van der Waals surface area (Å²) < 4.78 is 0. The van der Waals surface area contributed by atoms with Gasteiger partial charge in [0.05, 0.1) is 5.69 Å². The van der Waals surface area contributed by atoms with Crippen molar-refractivity contribution in [3.05, 3.63) is 17.7 Å². The maximum atomic E-state index is 11.2. The van der Waals surface area contributed by atoms with Crippen LogP contribution >= 0.6 is 0 Å². The number of aromatic nitrogens is 3. The van der Waals surface area contributed by atoms with E-state index in [2.05, 4.69) is 22.1 Å². The van der Waals surface area contributed by atoms with E-state index in [4.69, 9.17) is 0 Å². The van der Waals surface area contributed by atoms with Crippen molar-refractivity contribution in [3.8, 4) is 0 Å². The van der Waals surface area contributed by atoms with Gasteiger partial charge in [0, 0.05) is 6.92 Å². The third kappa shape index (κ3) is 2.87. The molecular formula is C10H15N3O. The summed E-state index contributed by atoms with van der Waals surface area (Å²) in [6, 6.07) is 0. The van der Waals surface area contributed by atoms with Gasteiger partial charge in [-0.15, -0.1) is 5.10 Å². The molecule has 0 aliphatic heterocycles. The van der Waals surface area contributed by atoms with Crippen molar-refractivity contribution in [2.45, 2.75) is 39.5 Å². The van der Waals surface area contributed by atoms with E-state index in [-0.39, 0.29) is 5.78 Å². The molecule has 0 atom stereocenters. The zero-order valence-electron chi connectivity index (χ0n) is 8.66. The molecule has 1 aromatic rings. The van der Waals surface area contributed by atoms with Crippen LogP contribution in [0.3, 0.4) is 0 Å². The van der Waals surface area contributed by atoms with Gasteiger partial charge in [0.2, 0.25) is 0 Å². The van der Waals surface area contributed by atoms with Crippen LogP contribution in [0.25, 0.3) is 0 Å². The summed E-state index contributed by atoms with van der Waals surface area (Å²) in [6.45, 7) is 3.65. The lowest BCUT2D eigenvalue weighted by Crippen LogP contribution is -2.07. The summed E-state index contributed by atoms with van der Waals surface area (Å²) in [6.07, 6.45) is 5.46. The average Bonchev–Trinajstić information content (AvgIpc) is 2.19. The zero-order chi connectivity index (χ0) is 10.4. The maximum absolute atomic E-state index is 11.2. The summed E-state index contributed by atoms with van der Waals surface area (Å²) in [5.74, 6) is -0.0357. The van der Waals surface area contributed by atoms with Crippen molar-refractivity contribution in [1.82, 2.24) is 15.2 Å². The first-order valence-corrected chi connectivity index (χ1v) is 4.93. The van der Waals surface area contributed by atoms with Gasteiger partial charge >= 0.3 is 0 Å². The van der Waals surface area contributed by atoms with Crippen molar-refractivity contribution in [2.75, 3.05) is 0 Å². The first-order chi connectivity index (χ1) is 6.75. The lowest BCUT2D eigenvalue weighted by atomic mass is 10.1. The van der Waals surface area contributed by atoms with E-state index < -0.39 is 0 Å². The normalized spacial score (nSPS) is 10.1. The first kappa shape index (κ1) is 10.8. The molecular weight excluding hydrogens is 178 g/mol. The maximum Gasteiger partial charge on any atom is 0.180 e. The van der Waals surface area contributed by atoms with Crippen LogP contribution in [0.1, 0.15) is 49.3 Å². The predicted octanol–water partition coefficient (Wildman–Crippen LogP) is 1.81. The SMILES string of the molecule is CCCCCc1nncnc1C(C)=O. The second kappa shape index (κ2) is 5.42. The van der Waals surface area contributed by atoms with Gasteiger partial charge in [0.25, 0.3) is 0 Å². The number of hydrogen-bond acceptors (Lipinski definition) is 4. The molecule has 1 rings (SSSR count). The Kier molecular flexibility index (Phi) is 4.16. The number of unbranched alkanes of at least 4 members (excludes halogenated alkanes) is 2. The van der Waals surface area contributed by atoms with Crippen LogP contribution in [-0.4, -0.2) is 21.0 Å². The van der Waals surface area contributed by atoms with Gasteiger partial charge in [-0.1, -0.05) is 19.8 Å². The van der Waals surface area contributed by atoms with Gasteiger partial charge in [0.1, 0.15) is 12.0 Å². The molecule has 1 aromatic heterocycles. The summed E-state index contributed by atoms with van der Waals surface area (Å²) in [7, 11) is 0. The van der Waals surface area contributed by atoms with Crippen LogP contribution in [0.15, 0.2) is 6.33 Å². The van der Waals surface area contributed by atoms with Crippen LogP contribution in [0.2, 0.25) is 0 Å². The van der Waals surface area contributed by atoms with E-state index in [1.165, 1.54) is 13.3 Å². The molecule has 0 saturated carbocycles. The van der Waals surface area contributed by atoms with E-state index >= 15 is 0 Å². The van der Waals surface area contributed by atoms with E-state index in [9.17, 15) is 4.79 Å². The molecule has 14 heavy (non-hydrogen) atoms. The van der Waals surface area contributed by atoms with Crippen molar-refractivity contribution >= 4 is 5.78 Å². The fourth-order valence-corrected chi connectivity index (χ4v) is 1.31. The topological polar surface area (TPSA) is 55.7 Å². The lowest BCUT2D eigenvalue weighted by Gasteiger charge is -2.02. The fourth-order valence-electron chi connectivity index (χ4n) is 1.31. The average molecular weight is 193 g/mol. The molecule has 0 fully saturated rings. The smallest absolute Gasteiger partial charge is 0.180 e. The Morgan fingerprint density at radius 3 is 2.86 bits per heavy atom. The molecule has 0 aromatic carbocycles. The van der Waals surface area contributed by atoms with E-state index in [0.717, 1.165) is 31.4 Å². The molecule has 0 radical (unpaired) electrons. The summed E-state index contributed by atoms with van der Waals surface area (Å²) in [4.78, 5) is 15.1. The van der Waals surface area contributed by atoms with Crippen LogP contribution in [-0.2, 0) is 6.42 Å². The van der Waals surface area contributed by atoms with Crippen LogP contribution in [0.4, 0.5) is 0 Å². The molecule has 0 unspecified atom stereocenters. The number of hydrogen-bond donors (Lipinski definition) is 0. The molecule has 0 N–H and O–H groups in total. The Labute approximate surface area is 83.8 Å². The molecule has 76 valence electrons. The standard InChI is InChI=1S/C10H15N3O/c1-3-4-5-6-9-10(8(2)14)11-7-12-13-9/h7H,3-6H2,1-2H3. The molecule has 0 amide bonds. The number of rotatable bonds is 5.